The first kappa shape index (κ1) is 12.9. The molecule has 90 valence electrons. The summed E-state index contributed by atoms with van der Waals surface area (Å²) in [6.07, 6.45) is 1.09. The molecule has 0 aromatic heterocycles. The summed E-state index contributed by atoms with van der Waals surface area (Å²) in [7, 11) is 1.67. The number of hydrogen-bond acceptors (Lipinski definition) is 4. The molecule has 0 saturated heterocycles. The summed E-state index contributed by atoms with van der Waals surface area (Å²) in [6, 6.07) is 0.128. The molecule has 0 amide bonds. The van der Waals surface area contributed by atoms with Gasteiger partial charge in [0.05, 0.1) is 31.0 Å². The van der Waals surface area contributed by atoms with Crippen molar-refractivity contribution in [1.82, 2.24) is 0 Å². The van der Waals surface area contributed by atoms with E-state index in [1.165, 1.54) is 0 Å². The van der Waals surface area contributed by atoms with E-state index in [2.05, 4.69) is 0 Å². The van der Waals surface area contributed by atoms with Crippen LogP contribution in [0, 0.1) is 0 Å². The van der Waals surface area contributed by atoms with Gasteiger partial charge in [-0.05, 0) is 27.2 Å². The highest BCUT2D eigenvalue weighted by molar-refractivity contribution is 4.94. The van der Waals surface area contributed by atoms with Gasteiger partial charge in [0.1, 0.15) is 0 Å². The van der Waals surface area contributed by atoms with Gasteiger partial charge in [-0.3, -0.25) is 0 Å². The van der Waals surface area contributed by atoms with E-state index in [-0.39, 0.29) is 23.9 Å². The Labute approximate surface area is 92.1 Å². The number of methoxy groups -OCH3 is 1. The van der Waals surface area contributed by atoms with Gasteiger partial charge in [0, 0.05) is 13.2 Å². The van der Waals surface area contributed by atoms with Crippen LogP contribution in [-0.4, -0.2) is 44.2 Å². The second-order valence-electron chi connectivity index (χ2n) is 4.97. The van der Waals surface area contributed by atoms with Gasteiger partial charge in [-0.2, -0.15) is 0 Å². The van der Waals surface area contributed by atoms with Crippen LogP contribution in [0.5, 0.6) is 0 Å². The first-order chi connectivity index (χ1) is 6.94. The van der Waals surface area contributed by atoms with Crippen LogP contribution >= 0.6 is 0 Å². The molecule has 1 fully saturated rings. The van der Waals surface area contributed by atoms with Gasteiger partial charge in [-0.25, -0.2) is 0 Å². The van der Waals surface area contributed by atoms with Gasteiger partial charge >= 0.3 is 0 Å². The molecule has 15 heavy (non-hydrogen) atoms. The van der Waals surface area contributed by atoms with E-state index in [0.29, 0.717) is 13.2 Å². The Hall–Kier alpha value is -0.160. The van der Waals surface area contributed by atoms with Crippen molar-refractivity contribution in [3.63, 3.8) is 0 Å². The Morgan fingerprint density at radius 3 is 2.40 bits per heavy atom. The molecule has 1 aliphatic rings. The topological polar surface area (TPSA) is 53.7 Å². The Balaban J connectivity index is 2.06. The monoisotopic (exact) mass is 217 g/mol. The zero-order valence-electron chi connectivity index (χ0n) is 10.2. The minimum Gasteiger partial charge on any atom is -0.377 e. The van der Waals surface area contributed by atoms with Gasteiger partial charge in [0.2, 0.25) is 0 Å². The molecule has 0 aliphatic heterocycles. The second-order valence-corrected chi connectivity index (χ2v) is 4.97. The number of ether oxygens (including phenoxy) is 3. The highest BCUT2D eigenvalue weighted by Gasteiger charge is 2.39. The minimum absolute atomic E-state index is 0.0552. The molecule has 0 heterocycles. The molecule has 4 heteroatoms. The van der Waals surface area contributed by atoms with E-state index >= 15 is 0 Å². The van der Waals surface area contributed by atoms with Crippen LogP contribution in [0.25, 0.3) is 0 Å². The minimum atomic E-state index is -0.0972. The Kier molecular flexibility index (Phi) is 4.52. The first-order valence-corrected chi connectivity index (χ1v) is 5.48. The molecule has 0 aromatic rings. The maximum Gasteiger partial charge on any atom is 0.0984 e. The zero-order chi connectivity index (χ0) is 11.5. The third-order valence-electron chi connectivity index (χ3n) is 2.52. The van der Waals surface area contributed by atoms with Crippen molar-refractivity contribution in [2.24, 2.45) is 5.73 Å². The lowest BCUT2D eigenvalue weighted by atomic mass is 9.86. The summed E-state index contributed by atoms with van der Waals surface area (Å²) in [4.78, 5) is 0. The van der Waals surface area contributed by atoms with E-state index < -0.39 is 0 Å². The first-order valence-electron chi connectivity index (χ1n) is 5.48. The summed E-state index contributed by atoms with van der Waals surface area (Å²) in [5.74, 6) is 0. The molecule has 0 aromatic carbocycles. The molecular formula is C11H23NO3. The van der Waals surface area contributed by atoms with Gasteiger partial charge in [0.15, 0.2) is 0 Å². The molecule has 3 atom stereocenters. The smallest absolute Gasteiger partial charge is 0.0984 e. The van der Waals surface area contributed by atoms with Crippen molar-refractivity contribution in [2.45, 2.75) is 51.0 Å². The summed E-state index contributed by atoms with van der Waals surface area (Å²) in [6.45, 7) is 7.32. The fraction of sp³-hybridized carbons (Fsp3) is 1.00. The van der Waals surface area contributed by atoms with E-state index in [0.717, 1.165) is 6.42 Å². The fourth-order valence-electron chi connectivity index (χ4n) is 1.65. The molecule has 3 unspecified atom stereocenters. The maximum absolute atomic E-state index is 5.76. The van der Waals surface area contributed by atoms with Gasteiger partial charge in [0.25, 0.3) is 0 Å². The van der Waals surface area contributed by atoms with Gasteiger partial charge in [-0.1, -0.05) is 0 Å². The van der Waals surface area contributed by atoms with E-state index in [1.807, 2.05) is 20.8 Å². The molecule has 1 aliphatic carbocycles. The lowest BCUT2D eigenvalue weighted by Gasteiger charge is -2.41. The predicted molar refractivity (Wildman–Crippen MR) is 58.8 cm³/mol. The standard InChI is InChI=1S/C11H23NO3/c1-11(2,3)15-6-5-14-9-7-8(12)10(9)13-4/h8-10H,5-7,12H2,1-4H3. The van der Waals surface area contributed by atoms with Crippen LogP contribution in [0.3, 0.4) is 0 Å². The van der Waals surface area contributed by atoms with E-state index in [1.54, 1.807) is 7.11 Å². The zero-order valence-corrected chi connectivity index (χ0v) is 10.2. The lowest BCUT2D eigenvalue weighted by Crippen LogP contribution is -2.57. The highest BCUT2D eigenvalue weighted by atomic mass is 16.6. The van der Waals surface area contributed by atoms with Crippen molar-refractivity contribution in [2.75, 3.05) is 20.3 Å². The Morgan fingerprint density at radius 1 is 1.27 bits per heavy atom. The quantitative estimate of drug-likeness (QED) is 0.696. The van der Waals surface area contributed by atoms with Crippen molar-refractivity contribution in [1.29, 1.82) is 0 Å². The largest absolute Gasteiger partial charge is 0.377 e. The Morgan fingerprint density at radius 2 is 1.93 bits per heavy atom. The number of hydrogen-bond donors (Lipinski definition) is 1. The maximum atomic E-state index is 5.76. The summed E-state index contributed by atoms with van der Waals surface area (Å²) in [5.41, 5.74) is 5.66. The van der Waals surface area contributed by atoms with Crippen LogP contribution in [0.2, 0.25) is 0 Å². The SMILES string of the molecule is COC1C(N)CC1OCCOC(C)(C)C. The summed E-state index contributed by atoms with van der Waals surface area (Å²) in [5, 5.41) is 0. The van der Waals surface area contributed by atoms with Crippen molar-refractivity contribution >= 4 is 0 Å². The molecule has 0 bridgehead atoms. The molecule has 1 rings (SSSR count). The van der Waals surface area contributed by atoms with E-state index in [9.17, 15) is 0 Å². The van der Waals surface area contributed by atoms with E-state index in [4.69, 9.17) is 19.9 Å². The highest BCUT2D eigenvalue weighted by Crippen LogP contribution is 2.24. The van der Waals surface area contributed by atoms with Crippen molar-refractivity contribution in [3.05, 3.63) is 0 Å². The lowest BCUT2D eigenvalue weighted by molar-refractivity contribution is -0.140. The van der Waals surface area contributed by atoms with Crippen LogP contribution in [-0.2, 0) is 14.2 Å². The Bertz CT molecular complexity index is 191. The van der Waals surface area contributed by atoms with Crippen molar-refractivity contribution < 1.29 is 14.2 Å². The normalized spacial score (nSPS) is 31.4. The predicted octanol–water partition coefficient (Wildman–Crippen LogP) is 0.933. The number of nitrogens with two attached hydrogens (primary N) is 1. The third-order valence-corrected chi connectivity index (χ3v) is 2.52. The van der Waals surface area contributed by atoms with Crippen LogP contribution in [0.15, 0.2) is 0 Å². The van der Waals surface area contributed by atoms with Crippen LogP contribution in [0.4, 0.5) is 0 Å². The molecular weight excluding hydrogens is 194 g/mol. The third kappa shape index (κ3) is 4.07. The average Bonchev–Trinajstić information content (AvgIpc) is 2.09. The average molecular weight is 217 g/mol. The molecule has 1 saturated carbocycles. The van der Waals surface area contributed by atoms with Gasteiger partial charge < -0.3 is 19.9 Å². The summed E-state index contributed by atoms with van der Waals surface area (Å²) >= 11 is 0. The second kappa shape index (κ2) is 5.25. The fourth-order valence-corrected chi connectivity index (χ4v) is 1.65. The molecule has 0 spiro atoms. The summed E-state index contributed by atoms with van der Waals surface area (Å²) < 4.78 is 16.4. The molecule has 4 nitrogen and oxygen atoms in total. The molecule has 0 radical (unpaired) electrons. The van der Waals surface area contributed by atoms with Crippen LogP contribution in [0.1, 0.15) is 27.2 Å². The van der Waals surface area contributed by atoms with Crippen molar-refractivity contribution in [3.8, 4) is 0 Å². The molecule has 2 N–H and O–H groups in total. The van der Waals surface area contributed by atoms with Gasteiger partial charge in [-0.15, -0.1) is 0 Å². The van der Waals surface area contributed by atoms with Crippen LogP contribution < -0.4 is 5.73 Å². The number of rotatable bonds is 5.